The van der Waals surface area contributed by atoms with E-state index in [0.717, 1.165) is 17.4 Å². The minimum atomic E-state index is 0. The Hall–Kier alpha value is -1.35. The highest BCUT2D eigenvalue weighted by Crippen LogP contribution is 2.23. The van der Waals surface area contributed by atoms with Gasteiger partial charge in [-0.05, 0) is 30.9 Å². The molecule has 0 saturated heterocycles. The van der Waals surface area contributed by atoms with E-state index in [1.165, 1.54) is 25.7 Å². The summed E-state index contributed by atoms with van der Waals surface area (Å²) in [4.78, 5) is 8.75. The number of halogens is 2. The smallest absolute Gasteiger partial charge is 0.228 e. The molecule has 2 unspecified atom stereocenters. The van der Waals surface area contributed by atoms with Gasteiger partial charge in [-0.3, -0.25) is 4.99 Å². The van der Waals surface area contributed by atoms with Gasteiger partial charge in [0, 0.05) is 36.6 Å². The average Bonchev–Trinajstić information content (AvgIpc) is 3.10. The Bertz CT molecular complexity index is 751. The third-order valence-corrected chi connectivity index (χ3v) is 4.92. The lowest BCUT2D eigenvalue weighted by Crippen LogP contribution is -2.45. The van der Waals surface area contributed by atoms with Crippen LogP contribution in [0.3, 0.4) is 0 Å². The van der Waals surface area contributed by atoms with Gasteiger partial charge in [-0.15, -0.1) is 24.0 Å². The molecular formula is C19H27ClIN5O. The molecule has 0 bridgehead atoms. The fourth-order valence-corrected chi connectivity index (χ4v) is 3.53. The predicted molar refractivity (Wildman–Crippen MR) is 120 cm³/mol. The maximum Gasteiger partial charge on any atom is 0.228 e. The first-order chi connectivity index (χ1) is 12.6. The van der Waals surface area contributed by atoms with E-state index in [1.54, 1.807) is 7.05 Å². The summed E-state index contributed by atoms with van der Waals surface area (Å²) < 4.78 is 5.33. The van der Waals surface area contributed by atoms with Crippen molar-refractivity contribution in [3.8, 4) is 11.4 Å². The Morgan fingerprint density at radius 2 is 2.22 bits per heavy atom. The molecule has 2 aromatic rings. The molecule has 27 heavy (non-hydrogen) atoms. The van der Waals surface area contributed by atoms with Crippen LogP contribution in [-0.2, 0) is 6.42 Å². The van der Waals surface area contributed by atoms with Gasteiger partial charge >= 0.3 is 0 Å². The summed E-state index contributed by atoms with van der Waals surface area (Å²) in [6, 6.07) is 7.93. The lowest BCUT2D eigenvalue weighted by atomic mass is 9.87. The molecule has 0 aliphatic heterocycles. The number of nitrogens with zero attached hydrogens (tertiary/aromatic N) is 3. The molecular weight excluding hydrogens is 477 g/mol. The quantitative estimate of drug-likeness (QED) is 0.362. The summed E-state index contributed by atoms with van der Waals surface area (Å²) in [6.07, 6.45) is 5.65. The standard InChI is InChI=1S/C19H26ClN5O.HI/c1-13-5-3-8-16(11-13)23-19(21-2)22-10-9-17-24-18(25-26-17)14-6-4-7-15(20)12-14;/h4,6-7,12-13,16H,3,5,8-11H2,1-2H3,(H2,21,22,23);1H. The zero-order valence-corrected chi connectivity index (χ0v) is 18.8. The van der Waals surface area contributed by atoms with Crippen LogP contribution in [0.1, 0.15) is 38.5 Å². The maximum absolute atomic E-state index is 6.01. The van der Waals surface area contributed by atoms with Crippen molar-refractivity contribution in [2.75, 3.05) is 13.6 Å². The van der Waals surface area contributed by atoms with Crippen molar-refractivity contribution in [1.29, 1.82) is 0 Å². The average molecular weight is 504 g/mol. The highest BCUT2D eigenvalue weighted by molar-refractivity contribution is 14.0. The van der Waals surface area contributed by atoms with E-state index in [0.29, 0.717) is 35.7 Å². The molecule has 1 aromatic carbocycles. The topological polar surface area (TPSA) is 75.3 Å². The van der Waals surface area contributed by atoms with Gasteiger partial charge in [-0.25, -0.2) is 0 Å². The van der Waals surface area contributed by atoms with Crippen LogP contribution in [-0.4, -0.2) is 35.7 Å². The lowest BCUT2D eigenvalue weighted by Gasteiger charge is -2.28. The number of hydrogen-bond donors (Lipinski definition) is 2. The van der Waals surface area contributed by atoms with Crippen molar-refractivity contribution < 1.29 is 4.52 Å². The molecule has 2 atom stereocenters. The van der Waals surface area contributed by atoms with E-state index >= 15 is 0 Å². The maximum atomic E-state index is 6.01. The van der Waals surface area contributed by atoms with Gasteiger partial charge in [-0.1, -0.05) is 48.7 Å². The molecule has 0 spiro atoms. The van der Waals surface area contributed by atoms with Crippen LogP contribution in [0.2, 0.25) is 5.02 Å². The number of guanidine groups is 1. The Balaban J connectivity index is 0.00000261. The molecule has 3 rings (SSSR count). The van der Waals surface area contributed by atoms with Crippen molar-refractivity contribution in [3.63, 3.8) is 0 Å². The van der Waals surface area contributed by atoms with E-state index < -0.39 is 0 Å². The SMILES string of the molecule is CN=C(NCCc1nc(-c2cccc(Cl)c2)no1)NC1CCCC(C)C1.I. The Morgan fingerprint density at radius 1 is 1.37 bits per heavy atom. The van der Waals surface area contributed by atoms with Crippen LogP contribution in [0, 0.1) is 5.92 Å². The van der Waals surface area contributed by atoms with Crippen LogP contribution in [0.5, 0.6) is 0 Å². The van der Waals surface area contributed by atoms with Crippen LogP contribution in [0.4, 0.5) is 0 Å². The van der Waals surface area contributed by atoms with Gasteiger partial charge in [0.25, 0.3) is 0 Å². The Morgan fingerprint density at radius 3 is 2.96 bits per heavy atom. The van der Waals surface area contributed by atoms with Gasteiger partial charge < -0.3 is 15.2 Å². The van der Waals surface area contributed by atoms with Gasteiger partial charge in [0.1, 0.15) is 0 Å². The van der Waals surface area contributed by atoms with Crippen LogP contribution in [0.15, 0.2) is 33.8 Å². The van der Waals surface area contributed by atoms with Gasteiger partial charge in [0.05, 0.1) is 0 Å². The zero-order chi connectivity index (χ0) is 18.4. The van der Waals surface area contributed by atoms with Crippen LogP contribution >= 0.6 is 35.6 Å². The van der Waals surface area contributed by atoms with Crippen molar-refractivity contribution in [3.05, 3.63) is 35.2 Å². The Labute approximate surface area is 182 Å². The monoisotopic (exact) mass is 503 g/mol. The number of benzene rings is 1. The van der Waals surface area contributed by atoms with Crippen molar-refractivity contribution in [1.82, 2.24) is 20.8 Å². The Kier molecular flexibility index (Phi) is 8.82. The molecule has 1 aliphatic rings. The summed E-state index contributed by atoms with van der Waals surface area (Å²) >= 11 is 6.01. The molecule has 1 aliphatic carbocycles. The minimum Gasteiger partial charge on any atom is -0.356 e. The van der Waals surface area contributed by atoms with E-state index in [9.17, 15) is 0 Å². The highest BCUT2D eigenvalue weighted by Gasteiger charge is 2.19. The zero-order valence-electron chi connectivity index (χ0n) is 15.7. The highest BCUT2D eigenvalue weighted by atomic mass is 127. The first kappa shape index (κ1) is 21.9. The van der Waals surface area contributed by atoms with E-state index in [1.807, 2.05) is 24.3 Å². The predicted octanol–water partition coefficient (Wildman–Crippen LogP) is 4.29. The summed E-state index contributed by atoms with van der Waals surface area (Å²) in [7, 11) is 1.80. The van der Waals surface area contributed by atoms with Gasteiger partial charge in [0.15, 0.2) is 5.96 Å². The minimum absolute atomic E-state index is 0. The molecule has 2 N–H and O–H groups in total. The fraction of sp³-hybridized carbons (Fsp3) is 0.526. The molecule has 0 radical (unpaired) electrons. The molecule has 1 heterocycles. The largest absolute Gasteiger partial charge is 0.356 e. The number of rotatable bonds is 5. The number of aromatic nitrogens is 2. The van der Waals surface area contributed by atoms with Gasteiger partial charge in [0.2, 0.25) is 11.7 Å². The molecule has 8 heteroatoms. The van der Waals surface area contributed by atoms with E-state index in [-0.39, 0.29) is 24.0 Å². The van der Waals surface area contributed by atoms with Crippen LogP contribution < -0.4 is 10.6 Å². The number of aliphatic imine (C=N–C) groups is 1. The van der Waals surface area contributed by atoms with Crippen LogP contribution in [0.25, 0.3) is 11.4 Å². The third-order valence-electron chi connectivity index (χ3n) is 4.68. The first-order valence-electron chi connectivity index (χ1n) is 9.19. The molecule has 1 fully saturated rings. The summed E-state index contributed by atoms with van der Waals surface area (Å²) in [6.45, 7) is 3.00. The van der Waals surface area contributed by atoms with Crippen molar-refractivity contribution in [2.24, 2.45) is 10.9 Å². The molecule has 0 amide bonds. The number of nitrogens with one attached hydrogen (secondary N) is 2. The normalized spacial score (nSPS) is 20.0. The second-order valence-electron chi connectivity index (χ2n) is 6.88. The first-order valence-corrected chi connectivity index (χ1v) is 9.57. The molecule has 1 saturated carbocycles. The number of hydrogen-bond acceptors (Lipinski definition) is 4. The van der Waals surface area contributed by atoms with Crippen molar-refractivity contribution >= 4 is 41.5 Å². The summed E-state index contributed by atoms with van der Waals surface area (Å²) in [5.41, 5.74) is 0.851. The van der Waals surface area contributed by atoms with Crippen molar-refractivity contribution in [2.45, 2.75) is 45.1 Å². The summed E-state index contributed by atoms with van der Waals surface area (Å²) in [5, 5.41) is 11.5. The third kappa shape index (κ3) is 6.64. The fourth-order valence-electron chi connectivity index (χ4n) is 3.34. The lowest BCUT2D eigenvalue weighted by molar-refractivity contribution is 0.324. The second-order valence-corrected chi connectivity index (χ2v) is 7.32. The van der Waals surface area contributed by atoms with Gasteiger partial charge in [-0.2, -0.15) is 4.98 Å². The molecule has 148 valence electrons. The summed E-state index contributed by atoms with van der Waals surface area (Å²) in [5.74, 6) is 2.76. The van der Waals surface area contributed by atoms with E-state index in [2.05, 4.69) is 32.7 Å². The van der Waals surface area contributed by atoms with E-state index in [4.69, 9.17) is 16.1 Å². The molecule has 6 nitrogen and oxygen atoms in total. The molecule has 1 aromatic heterocycles. The second kappa shape index (κ2) is 10.8.